The highest BCUT2D eigenvalue weighted by atomic mass is 35.5. The minimum Gasteiger partial charge on any atom is -0.357 e. The van der Waals surface area contributed by atoms with Crippen molar-refractivity contribution in [3.8, 4) is 0 Å². The Morgan fingerprint density at radius 1 is 1.80 bits per heavy atom. The van der Waals surface area contributed by atoms with Crippen molar-refractivity contribution in [2.75, 3.05) is 0 Å². The fourth-order valence-electron chi connectivity index (χ4n) is 0.635. The van der Waals surface area contributed by atoms with Crippen LogP contribution in [0.4, 0.5) is 0 Å². The number of alkyl halides is 2. The first-order valence-corrected chi connectivity index (χ1v) is 3.67. The zero-order valence-electron chi connectivity index (χ0n) is 5.29. The van der Waals surface area contributed by atoms with Crippen LogP contribution in [0.3, 0.4) is 0 Å². The van der Waals surface area contributed by atoms with Gasteiger partial charge in [-0.3, -0.25) is 0 Å². The average molecular weight is 184 g/mol. The molecule has 1 aliphatic rings. The lowest BCUT2D eigenvalue weighted by Gasteiger charge is -2.24. The van der Waals surface area contributed by atoms with E-state index in [2.05, 4.69) is 9.99 Å². The third-order valence-electron chi connectivity index (χ3n) is 1.45. The Morgan fingerprint density at radius 2 is 2.40 bits per heavy atom. The van der Waals surface area contributed by atoms with E-state index in [0.717, 1.165) is 0 Å². The summed E-state index contributed by atoms with van der Waals surface area (Å²) in [6.45, 7) is 1.72. The third kappa shape index (κ3) is 1.09. The third-order valence-corrected chi connectivity index (χ3v) is 2.07. The van der Waals surface area contributed by atoms with Gasteiger partial charge in [0.2, 0.25) is 0 Å². The number of oxime groups is 1. The summed E-state index contributed by atoms with van der Waals surface area (Å²) in [6.07, 6.45) is 1.46. The second-order valence-corrected chi connectivity index (χ2v) is 3.28. The number of rotatable bonds is 1. The maximum Gasteiger partial charge on any atom is 0.272 e. The van der Waals surface area contributed by atoms with E-state index in [-0.39, 0.29) is 5.92 Å². The van der Waals surface area contributed by atoms with Gasteiger partial charge in [-0.1, -0.05) is 35.3 Å². The molecule has 1 N–H and O–H groups in total. The molecule has 0 aromatic heterocycles. The lowest BCUT2D eigenvalue weighted by Crippen LogP contribution is -2.41. The number of hydrogen-bond donors (Lipinski definition) is 1. The van der Waals surface area contributed by atoms with Gasteiger partial charge in [-0.15, -0.1) is 0 Å². The lowest BCUT2D eigenvalue weighted by atomic mass is 10.1. The molecule has 1 heterocycles. The smallest absolute Gasteiger partial charge is 0.272 e. The summed E-state index contributed by atoms with van der Waals surface area (Å²) in [4.78, 5) is 3.59. The Balaban J connectivity index is 2.71. The molecule has 0 saturated carbocycles. The van der Waals surface area contributed by atoms with Gasteiger partial charge in [0.25, 0.3) is 5.79 Å². The van der Waals surface area contributed by atoms with Crippen LogP contribution in [-0.2, 0) is 4.84 Å². The van der Waals surface area contributed by atoms with Crippen molar-refractivity contribution >= 4 is 29.4 Å². The predicted molar refractivity (Wildman–Crippen MR) is 39.2 cm³/mol. The molecule has 3 nitrogen and oxygen atoms in total. The van der Waals surface area contributed by atoms with E-state index in [9.17, 15) is 5.11 Å². The first-order valence-electron chi connectivity index (χ1n) is 2.79. The van der Waals surface area contributed by atoms with Gasteiger partial charge in [-0.2, -0.15) is 0 Å². The predicted octanol–water partition coefficient (Wildman–Crippen LogP) is 1.13. The largest absolute Gasteiger partial charge is 0.357 e. The van der Waals surface area contributed by atoms with Crippen molar-refractivity contribution in [3.05, 3.63) is 0 Å². The van der Waals surface area contributed by atoms with Crippen LogP contribution in [0.1, 0.15) is 6.92 Å². The summed E-state index contributed by atoms with van der Waals surface area (Å²) in [5, 5.41) is 12.8. The van der Waals surface area contributed by atoms with Gasteiger partial charge in [-0.25, -0.2) is 0 Å². The van der Waals surface area contributed by atoms with Gasteiger partial charge in [0.1, 0.15) is 0 Å². The number of hydrogen-bond acceptors (Lipinski definition) is 3. The second kappa shape index (κ2) is 2.57. The molecular formula is C5H7Cl2NO2. The van der Waals surface area contributed by atoms with Gasteiger partial charge in [0.05, 0.1) is 12.1 Å². The fourth-order valence-corrected chi connectivity index (χ4v) is 1.11. The average Bonchev–Trinajstić information content (AvgIpc) is 2.15. The zero-order valence-corrected chi connectivity index (χ0v) is 6.80. The van der Waals surface area contributed by atoms with Crippen LogP contribution in [0, 0.1) is 5.92 Å². The number of nitrogens with zero attached hydrogens (tertiary/aromatic N) is 1. The molecule has 1 rings (SSSR count). The van der Waals surface area contributed by atoms with Gasteiger partial charge >= 0.3 is 0 Å². The zero-order chi connectivity index (χ0) is 7.78. The summed E-state index contributed by atoms with van der Waals surface area (Å²) >= 11 is 10.9. The summed E-state index contributed by atoms with van der Waals surface area (Å²) < 4.78 is 0. The highest BCUT2D eigenvalue weighted by Gasteiger charge is 2.45. The molecule has 0 aliphatic carbocycles. The summed E-state index contributed by atoms with van der Waals surface area (Å²) in [6, 6.07) is 0. The van der Waals surface area contributed by atoms with Crippen molar-refractivity contribution in [1.82, 2.24) is 0 Å². The Morgan fingerprint density at radius 3 is 2.60 bits per heavy atom. The van der Waals surface area contributed by atoms with E-state index in [1.807, 2.05) is 0 Å². The van der Waals surface area contributed by atoms with Crippen LogP contribution >= 0.6 is 23.2 Å². The van der Waals surface area contributed by atoms with E-state index < -0.39 is 10.6 Å². The second-order valence-electron chi connectivity index (χ2n) is 2.19. The van der Waals surface area contributed by atoms with Crippen molar-refractivity contribution < 1.29 is 9.94 Å². The van der Waals surface area contributed by atoms with Gasteiger partial charge in [0, 0.05) is 0 Å². The first kappa shape index (κ1) is 8.11. The van der Waals surface area contributed by atoms with Crippen LogP contribution in [0.15, 0.2) is 5.16 Å². The van der Waals surface area contributed by atoms with Crippen LogP contribution in [0.25, 0.3) is 0 Å². The van der Waals surface area contributed by atoms with Crippen LogP contribution < -0.4 is 0 Å². The minimum atomic E-state index is -1.54. The maximum absolute atomic E-state index is 9.43. The number of halogens is 2. The number of aliphatic hydroxyl groups is 1. The maximum atomic E-state index is 9.43. The Kier molecular flexibility index (Phi) is 2.08. The van der Waals surface area contributed by atoms with Gasteiger partial charge in [-0.05, 0) is 0 Å². The van der Waals surface area contributed by atoms with E-state index in [1.165, 1.54) is 6.21 Å². The van der Waals surface area contributed by atoms with Crippen molar-refractivity contribution in [2.24, 2.45) is 11.1 Å². The van der Waals surface area contributed by atoms with Crippen LogP contribution in [0.2, 0.25) is 0 Å². The quantitative estimate of drug-likeness (QED) is 0.620. The van der Waals surface area contributed by atoms with E-state index >= 15 is 0 Å². The molecule has 0 bridgehead atoms. The molecule has 0 radical (unpaired) electrons. The summed E-state index contributed by atoms with van der Waals surface area (Å²) in [7, 11) is 0. The minimum absolute atomic E-state index is 0.271. The molecule has 10 heavy (non-hydrogen) atoms. The molecular weight excluding hydrogens is 177 g/mol. The molecule has 2 atom stereocenters. The molecule has 0 amide bonds. The Bertz CT molecular complexity index is 162. The molecule has 58 valence electrons. The van der Waals surface area contributed by atoms with Crippen molar-refractivity contribution in [2.45, 2.75) is 17.5 Å². The molecule has 2 unspecified atom stereocenters. The molecule has 0 aromatic carbocycles. The van der Waals surface area contributed by atoms with Crippen LogP contribution in [-0.4, -0.2) is 21.9 Å². The van der Waals surface area contributed by atoms with Crippen LogP contribution in [0.5, 0.6) is 0 Å². The van der Waals surface area contributed by atoms with E-state index in [1.54, 1.807) is 6.92 Å². The fraction of sp³-hybridized carbons (Fsp3) is 0.800. The van der Waals surface area contributed by atoms with E-state index in [0.29, 0.717) is 0 Å². The molecule has 0 aromatic rings. The Hall–Kier alpha value is 0.01000. The monoisotopic (exact) mass is 183 g/mol. The molecule has 0 saturated heterocycles. The summed E-state index contributed by atoms with van der Waals surface area (Å²) in [5.41, 5.74) is 0. The normalized spacial score (nSPS) is 38.7. The SMILES string of the molecule is CC1C=NOC1(O)C(Cl)Cl. The van der Waals surface area contributed by atoms with Crippen molar-refractivity contribution in [1.29, 1.82) is 0 Å². The summed E-state index contributed by atoms with van der Waals surface area (Å²) in [5.74, 6) is -1.81. The van der Waals surface area contributed by atoms with E-state index in [4.69, 9.17) is 23.2 Å². The highest BCUT2D eigenvalue weighted by molar-refractivity contribution is 6.45. The topological polar surface area (TPSA) is 41.8 Å². The standard InChI is InChI=1S/C5H7Cl2NO2/c1-3-2-8-10-5(3,9)4(6)7/h2-4,9H,1H3. The molecule has 5 heteroatoms. The molecule has 0 fully saturated rings. The van der Waals surface area contributed by atoms with Gasteiger partial charge in [0.15, 0.2) is 4.84 Å². The van der Waals surface area contributed by atoms with Gasteiger partial charge < -0.3 is 9.94 Å². The lowest BCUT2D eigenvalue weighted by molar-refractivity contribution is -0.194. The van der Waals surface area contributed by atoms with Crippen molar-refractivity contribution in [3.63, 3.8) is 0 Å². The first-order chi connectivity index (χ1) is 4.57. The molecule has 1 aliphatic heterocycles. The highest BCUT2D eigenvalue weighted by Crippen LogP contribution is 2.32. The molecule has 0 spiro atoms. The Labute approximate surface area is 68.6 Å².